The summed E-state index contributed by atoms with van der Waals surface area (Å²) < 4.78 is 0. The first-order valence-corrected chi connectivity index (χ1v) is 8.52. The van der Waals surface area contributed by atoms with Crippen molar-refractivity contribution in [3.63, 3.8) is 0 Å². The molecule has 0 radical (unpaired) electrons. The molecule has 1 saturated carbocycles. The van der Waals surface area contributed by atoms with Gasteiger partial charge in [0.25, 0.3) is 0 Å². The normalized spacial score (nSPS) is 26.6. The summed E-state index contributed by atoms with van der Waals surface area (Å²) in [4.78, 5) is 9.06. The minimum atomic E-state index is 0.197. The van der Waals surface area contributed by atoms with Gasteiger partial charge in [-0.1, -0.05) is 0 Å². The molecule has 0 bridgehead atoms. The molecule has 0 aromatic carbocycles. The second-order valence-corrected chi connectivity index (χ2v) is 7.63. The van der Waals surface area contributed by atoms with Gasteiger partial charge in [-0.05, 0) is 52.0 Å². The zero-order valence-corrected chi connectivity index (χ0v) is 12.6. The second-order valence-electron chi connectivity index (χ2n) is 6.55. The summed E-state index contributed by atoms with van der Waals surface area (Å²) in [6.07, 6.45) is 8.99. The van der Waals surface area contributed by atoms with Gasteiger partial charge in [-0.2, -0.15) is 0 Å². The molecule has 4 heteroatoms. The van der Waals surface area contributed by atoms with Gasteiger partial charge in [-0.25, -0.2) is 4.98 Å². The fourth-order valence-electron chi connectivity index (χ4n) is 3.43. The number of nitrogens with one attached hydrogen (secondary N) is 1. The maximum Gasteiger partial charge on any atom is 0.113 e. The molecule has 2 fully saturated rings. The van der Waals surface area contributed by atoms with Crippen LogP contribution in [0.5, 0.6) is 0 Å². The van der Waals surface area contributed by atoms with E-state index in [9.17, 15) is 0 Å². The summed E-state index contributed by atoms with van der Waals surface area (Å²) in [6, 6.07) is 0.766. The van der Waals surface area contributed by atoms with E-state index in [0.29, 0.717) is 0 Å². The average Bonchev–Trinajstić information content (AvgIpc) is 2.94. The van der Waals surface area contributed by atoms with Crippen molar-refractivity contribution in [1.82, 2.24) is 15.2 Å². The molecule has 4 rings (SSSR count). The van der Waals surface area contributed by atoms with E-state index in [1.54, 1.807) is 4.88 Å². The molecule has 1 aromatic heterocycles. The topological polar surface area (TPSA) is 28.2 Å². The summed E-state index contributed by atoms with van der Waals surface area (Å²) in [6.45, 7) is 2.40. The van der Waals surface area contributed by atoms with Crippen LogP contribution < -0.4 is 5.32 Å². The minimum absolute atomic E-state index is 0.197. The van der Waals surface area contributed by atoms with Crippen LogP contribution in [0.25, 0.3) is 0 Å². The molecule has 0 unspecified atom stereocenters. The second kappa shape index (κ2) is 4.54. The lowest BCUT2D eigenvalue weighted by Crippen LogP contribution is -2.51. The summed E-state index contributed by atoms with van der Waals surface area (Å²) in [5, 5.41) is 5.35. The van der Waals surface area contributed by atoms with Crippen LogP contribution in [0, 0.1) is 0 Å². The lowest BCUT2D eigenvalue weighted by molar-refractivity contribution is 0.154. The van der Waals surface area contributed by atoms with Crippen LogP contribution in [0.2, 0.25) is 0 Å². The van der Waals surface area contributed by atoms with Crippen LogP contribution >= 0.6 is 11.3 Å². The van der Waals surface area contributed by atoms with Gasteiger partial charge in [0.2, 0.25) is 0 Å². The maximum atomic E-state index is 5.03. The van der Waals surface area contributed by atoms with Crippen molar-refractivity contribution in [1.29, 1.82) is 0 Å². The third-order valence-corrected chi connectivity index (χ3v) is 6.26. The first-order valence-electron chi connectivity index (χ1n) is 7.70. The van der Waals surface area contributed by atoms with E-state index in [0.717, 1.165) is 6.04 Å². The van der Waals surface area contributed by atoms with Crippen LogP contribution in [0.3, 0.4) is 0 Å². The Labute approximate surface area is 119 Å². The summed E-state index contributed by atoms with van der Waals surface area (Å²) in [5.74, 6) is 0. The fraction of sp³-hybridized carbons (Fsp3) is 0.800. The Balaban J connectivity index is 1.64. The van der Waals surface area contributed by atoms with Gasteiger partial charge < -0.3 is 10.2 Å². The summed E-state index contributed by atoms with van der Waals surface area (Å²) in [5.41, 5.74) is 1.61. The van der Waals surface area contributed by atoms with Crippen molar-refractivity contribution in [3.05, 3.63) is 15.6 Å². The molecule has 0 atom stereocenters. The Morgan fingerprint density at radius 3 is 2.74 bits per heavy atom. The molecule has 1 N–H and O–H groups in total. The molecule has 0 amide bonds. The number of likely N-dealkylation sites (tertiary alicyclic amines) is 1. The Hall–Kier alpha value is -0.450. The number of fused-ring (bicyclic) bond motifs is 1. The lowest BCUT2D eigenvalue weighted by atomic mass is 9.88. The zero-order valence-electron chi connectivity index (χ0n) is 11.7. The summed E-state index contributed by atoms with van der Waals surface area (Å²) in [7, 11) is 2.24. The number of hydrogen-bond acceptors (Lipinski definition) is 4. The van der Waals surface area contributed by atoms with Gasteiger partial charge in [0, 0.05) is 24.0 Å². The van der Waals surface area contributed by atoms with Gasteiger partial charge in [0.15, 0.2) is 0 Å². The first kappa shape index (κ1) is 12.3. The van der Waals surface area contributed by atoms with Gasteiger partial charge in [-0.15, -0.1) is 11.3 Å². The number of hydrogen-bond donors (Lipinski definition) is 1. The standard InChI is InChI=1S/C15H23N3S/c1-18-9-7-15(8-10-18,17-11-5-6-11)14-16-12-3-2-4-13(12)19-14/h11,17H,2-10H2,1H3. The maximum absolute atomic E-state index is 5.03. The largest absolute Gasteiger partial charge is 0.306 e. The SMILES string of the molecule is CN1CCC(NC2CC2)(c2nc3c(s2)CCC3)CC1. The summed E-state index contributed by atoms with van der Waals surface area (Å²) >= 11 is 2.01. The molecule has 1 saturated heterocycles. The zero-order chi connectivity index (χ0) is 12.9. The van der Waals surface area contributed by atoms with E-state index in [4.69, 9.17) is 4.98 Å². The highest BCUT2D eigenvalue weighted by Crippen LogP contribution is 2.41. The molecule has 1 aromatic rings. The predicted octanol–water partition coefficient (Wildman–Crippen LogP) is 2.30. The van der Waals surface area contributed by atoms with Gasteiger partial charge in [0.1, 0.15) is 5.01 Å². The number of aryl methyl sites for hydroxylation is 2. The third kappa shape index (κ3) is 2.24. The quantitative estimate of drug-likeness (QED) is 0.919. The highest BCUT2D eigenvalue weighted by molar-refractivity contribution is 7.12. The highest BCUT2D eigenvalue weighted by atomic mass is 32.1. The Kier molecular flexibility index (Phi) is 2.94. The van der Waals surface area contributed by atoms with E-state index in [1.165, 1.54) is 68.7 Å². The van der Waals surface area contributed by atoms with Crippen LogP contribution in [-0.4, -0.2) is 36.1 Å². The number of rotatable bonds is 3. The Bertz CT molecular complexity index is 448. The molecule has 2 aliphatic carbocycles. The van der Waals surface area contributed by atoms with Crippen molar-refractivity contribution in [2.45, 2.75) is 56.5 Å². The minimum Gasteiger partial charge on any atom is -0.306 e. The molecule has 1 aliphatic heterocycles. The van der Waals surface area contributed by atoms with Crippen molar-refractivity contribution in [3.8, 4) is 0 Å². The average molecular weight is 277 g/mol. The van der Waals surface area contributed by atoms with Crippen molar-refractivity contribution >= 4 is 11.3 Å². The smallest absolute Gasteiger partial charge is 0.113 e. The molecule has 3 aliphatic rings. The highest BCUT2D eigenvalue weighted by Gasteiger charge is 2.42. The number of piperidine rings is 1. The van der Waals surface area contributed by atoms with E-state index in [1.807, 2.05) is 11.3 Å². The fourth-order valence-corrected chi connectivity index (χ4v) is 4.79. The monoisotopic (exact) mass is 277 g/mol. The molecular weight excluding hydrogens is 254 g/mol. The molecule has 3 nitrogen and oxygen atoms in total. The molecule has 0 spiro atoms. The van der Waals surface area contributed by atoms with Crippen LogP contribution in [-0.2, 0) is 18.4 Å². The number of thiazole rings is 1. The Morgan fingerprint density at radius 1 is 1.26 bits per heavy atom. The van der Waals surface area contributed by atoms with Gasteiger partial charge in [0.05, 0.1) is 11.2 Å². The third-order valence-electron chi connectivity index (χ3n) is 4.90. The van der Waals surface area contributed by atoms with Crippen LogP contribution in [0.4, 0.5) is 0 Å². The molecular formula is C15H23N3S. The van der Waals surface area contributed by atoms with Crippen LogP contribution in [0.15, 0.2) is 0 Å². The molecule has 104 valence electrons. The van der Waals surface area contributed by atoms with E-state index >= 15 is 0 Å². The predicted molar refractivity (Wildman–Crippen MR) is 78.7 cm³/mol. The first-order chi connectivity index (χ1) is 9.25. The van der Waals surface area contributed by atoms with E-state index in [2.05, 4.69) is 17.3 Å². The van der Waals surface area contributed by atoms with E-state index < -0.39 is 0 Å². The van der Waals surface area contributed by atoms with Gasteiger partial charge in [-0.3, -0.25) is 0 Å². The van der Waals surface area contributed by atoms with Gasteiger partial charge >= 0.3 is 0 Å². The number of aromatic nitrogens is 1. The lowest BCUT2D eigenvalue weighted by Gasteiger charge is -2.40. The van der Waals surface area contributed by atoms with Crippen LogP contribution in [0.1, 0.15) is 47.7 Å². The molecule has 2 heterocycles. The molecule has 19 heavy (non-hydrogen) atoms. The van der Waals surface area contributed by atoms with Crippen molar-refractivity contribution < 1.29 is 0 Å². The van der Waals surface area contributed by atoms with E-state index in [-0.39, 0.29) is 5.54 Å². The van der Waals surface area contributed by atoms with Crippen molar-refractivity contribution in [2.75, 3.05) is 20.1 Å². The number of nitrogens with zero attached hydrogens (tertiary/aromatic N) is 2. The Morgan fingerprint density at radius 2 is 2.05 bits per heavy atom. The van der Waals surface area contributed by atoms with Crippen molar-refractivity contribution in [2.24, 2.45) is 0 Å².